The van der Waals surface area contributed by atoms with Crippen LogP contribution in [0, 0.1) is 10.1 Å². The summed E-state index contributed by atoms with van der Waals surface area (Å²) >= 11 is 6.50. The first-order valence-electron chi connectivity index (χ1n) is 16.1. The quantitative estimate of drug-likeness (QED) is 0.0931. The van der Waals surface area contributed by atoms with Gasteiger partial charge < -0.3 is 19.8 Å². The van der Waals surface area contributed by atoms with E-state index in [4.69, 9.17) is 26.5 Å². The first-order chi connectivity index (χ1) is 22.6. The number of nitro groups is 1. The van der Waals surface area contributed by atoms with Crippen molar-refractivity contribution in [1.82, 2.24) is 4.90 Å². The van der Waals surface area contributed by atoms with Crippen LogP contribution >= 0.6 is 11.6 Å². The maximum Gasteiger partial charge on any atom is 0.288 e. The summed E-state index contributed by atoms with van der Waals surface area (Å²) in [4.78, 5) is 26.8. The monoisotopic (exact) mass is 687 g/mol. The molecule has 0 unspecified atom stereocenters. The Bertz CT molecular complexity index is 1630. The van der Waals surface area contributed by atoms with Crippen molar-refractivity contribution in [1.29, 1.82) is 0 Å². The van der Waals surface area contributed by atoms with E-state index in [1.807, 2.05) is 81.4 Å². The van der Waals surface area contributed by atoms with E-state index in [2.05, 4.69) is 45.0 Å². The lowest BCUT2D eigenvalue weighted by Gasteiger charge is -2.43. The van der Waals surface area contributed by atoms with Gasteiger partial charge in [0, 0.05) is 19.2 Å². The van der Waals surface area contributed by atoms with Gasteiger partial charge in [-0.15, -0.1) is 0 Å². The molecule has 0 saturated heterocycles. The third kappa shape index (κ3) is 8.90. The van der Waals surface area contributed by atoms with Crippen LogP contribution in [0.25, 0.3) is 0 Å². The molecule has 1 amide bonds. The molecule has 0 spiro atoms. The van der Waals surface area contributed by atoms with Gasteiger partial charge in [-0.2, -0.15) is 0 Å². The highest BCUT2D eigenvalue weighted by Gasteiger charge is 2.50. The Hall–Kier alpha value is -4.02. The van der Waals surface area contributed by atoms with E-state index in [-0.39, 0.29) is 47.0 Å². The number of nitro benzene ring substituents is 1. The Morgan fingerprint density at radius 1 is 0.875 bits per heavy atom. The number of hydrogen-bond donors (Lipinski definition) is 1. The summed E-state index contributed by atoms with van der Waals surface area (Å²) in [6.07, 6.45) is 0.295. The lowest BCUT2D eigenvalue weighted by molar-refractivity contribution is -0.384. The van der Waals surface area contributed by atoms with Crippen LogP contribution in [0.15, 0.2) is 103 Å². The van der Waals surface area contributed by atoms with Crippen LogP contribution in [0.5, 0.6) is 5.75 Å². The van der Waals surface area contributed by atoms with Gasteiger partial charge in [0.2, 0.25) is 5.91 Å². The number of hydrogen-bond acceptors (Lipinski definition) is 6. The second-order valence-electron chi connectivity index (χ2n) is 13.9. The van der Waals surface area contributed by atoms with Gasteiger partial charge >= 0.3 is 0 Å². The number of carbonyl (C=O) groups excluding carboxylic acids is 1. The molecule has 0 fully saturated rings. The summed E-state index contributed by atoms with van der Waals surface area (Å²) in [7, 11) is -2.88. The molecule has 1 atom stereocenters. The van der Waals surface area contributed by atoms with Crippen LogP contribution in [0.1, 0.15) is 52.7 Å². The zero-order valence-electron chi connectivity index (χ0n) is 28.6. The number of benzene rings is 4. The van der Waals surface area contributed by atoms with Crippen LogP contribution in [0.2, 0.25) is 10.1 Å². The molecule has 10 heteroatoms. The highest BCUT2D eigenvalue weighted by Crippen LogP contribution is 2.37. The second-order valence-corrected chi connectivity index (χ2v) is 18.6. The van der Waals surface area contributed by atoms with E-state index in [1.165, 1.54) is 6.07 Å². The van der Waals surface area contributed by atoms with Gasteiger partial charge in [0.05, 0.1) is 17.6 Å². The van der Waals surface area contributed by atoms with Crippen LogP contribution < -0.4 is 20.8 Å². The Morgan fingerprint density at radius 2 is 1.44 bits per heavy atom. The normalized spacial score (nSPS) is 12.8. The Balaban J connectivity index is 1.64. The number of nitrogens with zero attached hydrogens (tertiary/aromatic N) is 2. The molecular formula is C38H46ClN3O5Si. The van der Waals surface area contributed by atoms with Gasteiger partial charge in [-0.1, -0.05) is 117 Å². The molecule has 254 valence electrons. The minimum Gasteiger partial charge on any atom is -0.488 e. The van der Waals surface area contributed by atoms with E-state index in [0.717, 1.165) is 21.7 Å². The molecule has 0 aliphatic heterocycles. The molecule has 0 aromatic heterocycles. The van der Waals surface area contributed by atoms with Gasteiger partial charge in [-0.25, -0.2) is 0 Å². The average Bonchev–Trinajstić information content (AvgIpc) is 3.03. The predicted octanol–water partition coefficient (Wildman–Crippen LogP) is 6.90. The first-order valence-corrected chi connectivity index (χ1v) is 18.4. The third-order valence-corrected chi connectivity index (χ3v) is 13.6. The molecule has 48 heavy (non-hydrogen) atoms. The van der Waals surface area contributed by atoms with E-state index in [0.29, 0.717) is 12.0 Å². The van der Waals surface area contributed by atoms with E-state index >= 15 is 0 Å². The topological polar surface area (TPSA) is 108 Å². The Kier molecular flexibility index (Phi) is 11.9. The standard InChI is InChI=1S/C38H46ClN3O5Si/c1-37(2,3)47-30-22-20-28(21-23-30)26-33(40)36(43)41(27-29-14-13-19-34(35(29)39)42(44)45)24-25-46-48(38(4,5)6,31-15-9-7-10-16-31)32-17-11-8-12-18-32/h7-23,33H,24-27,40H2,1-6H3/t33-/m0/s1. The fourth-order valence-electron chi connectivity index (χ4n) is 6.00. The fourth-order valence-corrected chi connectivity index (χ4v) is 10.8. The molecule has 4 rings (SSSR count). The molecule has 4 aromatic carbocycles. The number of nitrogens with two attached hydrogens (primary N) is 1. The van der Waals surface area contributed by atoms with Crippen LogP contribution in [-0.2, 0) is 22.2 Å². The van der Waals surface area contributed by atoms with Crippen LogP contribution in [0.4, 0.5) is 5.69 Å². The smallest absolute Gasteiger partial charge is 0.288 e. The van der Waals surface area contributed by atoms with Gasteiger partial charge in [0.25, 0.3) is 14.0 Å². The number of carbonyl (C=O) groups is 1. The number of amides is 1. The largest absolute Gasteiger partial charge is 0.488 e. The summed E-state index contributed by atoms with van der Waals surface area (Å²) in [5.41, 5.74) is 7.36. The Morgan fingerprint density at radius 3 is 1.94 bits per heavy atom. The molecule has 0 bridgehead atoms. The molecule has 2 N–H and O–H groups in total. The van der Waals surface area contributed by atoms with Crippen LogP contribution in [-0.4, -0.2) is 48.8 Å². The average molecular weight is 688 g/mol. The zero-order chi connectivity index (χ0) is 35.1. The number of rotatable bonds is 13. The lowest BCUT2D eigenvalue weighted by atomic mass is 10.0. The molecule has 8 nitrogen and oxygen atoms in total. The molecule has 0 radical (unpaired) electrons. The van der Waals surface area contributed by atoms with Crippen molar-refractivity contribution >= 4 is 41.9 Å². The van der Waals surface area contributed by atoms with Crippen molar-refractivity contribution in [2.24, 2.45) is 5.73 Å². The minimum absolute atomic E-state index is 0.00351. The van der Waals surface area contributed by atoms with Gasteiger partial charge in [0.15, 0.2) is 0 Å². The molecule has 0 heterocycles. The molecule has 4 aromatic rings. The summed E-state index contributed by atoms with van der Waals surface area (Å²) in [5.74, 6) is 0.423. The summed E-state index contributed by atoms with van der Waals surface area (Å²) in [6, 6.07) is 31.8. The van der Waals surface area contributed by atoms with E-state index < -0.39 is 19.3 Å². The van der Waals surface area contributed by atoms with Crippen molar-refractivity contribution in [3.63, 3.8) is 0 Å². The highest BCUT2D eigenvalue weighted by molar-refractivity contribution is 6.99. The molecular weight excluding hydrogens is 642 g/mol. The van der Waals surface area contributed by atoms with Crippen molar-refractivity contribution in [2.75, 3.05) is 13.2 Å². The van der Waals surface area contributed by atoms with E-state index in [1.54, 1.807) is 17.0 Å². The minimum atomic E-state index is -2.88. The maximum absolute atomic E-state index is 14.1. The van der Waals surface area contributed by atoms with Crippen molar-refractivity contribution in [2.45, 2.75) is 71.2 Å². The highest BCUT2D eigenvalue weighted by atomic mass is 35.5. The van der Waals surface area contributed by atoms with Crippen molar-refractivity contribution in [3.8, 4) is 5.75 Å². The van der Waals surface area contributed by atoms with Crippen molar-refractivity contribution < 1.29 is 18.9 Å². The molecule has 0 aliphatic rings. The van der Waals surface area contributed by atoms with Gasteiger partial charge in [-0.05, 0) is 65.9 Å². The fraction of sp³-hybridized carbons (Fsp3) is 0.342. The second kappa shape index (κ2) is 15.5. The zero-order valence-corrected chi connectivity index (χ0v) is 30.4. The third-order valence-electron chi connectivity index (χ3n) is 8.14. The first kappa shape index (κ1) is 36.8. The summed E-state index contributed by atoms with van der Waals surface area (Å²) in [5, 5.41) is 13.6. The number of halogens is 1. The molecule has 0 aliphatic carbocycles. The SMILES string of the molecule is CC(C)(C)Oc1ccc(C[C@H](N)C(=O)N(CCO[Si](c2ccccc2)(c2ccccc2)C(C)(C)C)Cc2cccc([N+](=O)[O-])c2Cl)cc1. The van der Waals surface area contributed by atoms with E-state index in [9.17, 15) is 14.9 Å². The predicted molar refractivity (Wildman–Crippen MR) is 196 cm³/mol. The van der Waals surface area contributed by atoms with Gasteiger partial charge in [-0.3, -0.25) is 14.9 Å². The van der Waals surface area contributed by atoms with Gasteiger partial charge in [0.1, 0.15) is 16.4 Å². The van der Waals surface area contributed by atoms with Crippen molar-refractivity contribution in [3.05, 3.63) is 129 Å². The molecule has 0 saturated carbocycles. The Labute approximate surface area is 290 Å². The summed E-state index contributed by atoms with van der Waals surface area (Å²) in [6.45, 7) is 13.0. The maximum atomic E-state index is 14.1. The summed E-state index contributed by atoms with van der Waals surface area (Å²) < 4.78 is 13.0. The lowest BCUT2D eigenvalue weighted by Crippen LogP contribution is -2.67. The van der Waals surface area contributed by atoms with Crippen LogP contribution in [0.3, 0.4) is 0 Å². The number of ether oxygens (including phenoxy) is 1.